The van der Waals surface area contributed by atoms with E-state index in [-0.39, 0.29) is 17.9 Å². The highest BCUT2D eigenvalue weighted by atomic mass is 16.3. The molecule has 1 unspecified atom stereocenters. The van der Waals surface area contributed by atoms with Gasteiger partial charge < -0.3 is 20.4 Å². The predicted molar refractivity (Wildman–Crippen MR) is 78.4 cm³/mol. The van der Waals surface area contributed by atoms with Gasteiger partial charge in [0.15, 0.2) is 0 Å². The van der Waals surface area contributed by atoms with Gasteiger partial charge in [0.25, 0.3) is 0 Å². The first-order chi connectivity index (χ1) is 10.1. The molecular formula is C15H23N3O3. The summed E-state index contributed by atoms with van der Waals surface area (Å²) in [4.78, 5) is 23.3. The van der Waals surface area contributed by atoms with E-state index in [1.165, 1.54) is 0 Å². The van der Waals surface area contributed by atoms with Crippen LogP contribution in [-0.2, 0) is 16.1 Å². The van der Waals surface area contributed by atoms with Crippen LogP contribution >= 0.6 is 0 Å². The van der Waals surface area contributed by atoms with Gasteiger partial charge in [0.2, 0.25) is 11.8 Å². The van der Waals surface area contributed by atoms with E-state index in [4.69, 9.17) is 4.42 Å². The standard InChI is InChI=1S/C15H23N3O3/c1-11(15(20)17-10-13-4-3-9-21-13)16-8-2-5-14(19)18-12-6-7-12/h3-4,9,11-12,16H,2,5-8,10H2,1H3,(H,17,20)(H,18,19). The summed E-state index contributed by atoms with van der Waals surface area (Å²) in [5, 5.41) is 8.85. The molecule has 2 amide bonds. The fourth-order valence-electron chi connectivity index (χ4n) is 1.93. The second kappa shape index (κ2) is 7.83. The lowest BCUT2D eigenvalue weighted by Gasteiger charge is -2.13. The first kappa shape index (κ1) is 15.6. The summed E-state index contributed by atoms with van der Waals surface area (Å²) >= 11 is 0. The van der Waals surface area contributed by atoms with Crippen molar-refractivity contribution >= 4 is 11.8 Å². The van der Waals surface area contributed by atoms with Crippen molar-refractivity contribution in [3.8, 4) is 0 Å². The Morgan fingerprint density at radius 1 is 1.43 bits per heavy atom. The number of carbonyl (C=O) groups excluding carboxylic acids is 2. The zero-order chi connectivity index (χ0) is 15.1. The van der Waals surface area contributed by atoms with Gasteiger partial charge >= 0.3 is 0 Å². The molecule has 6 heteroatoms. The first-order valence-electron chi connectivity index (χ1n) is 7.48. The molecule has 0 aromatic carbocycles. The monoisotopic (exact) mass is 293 g/mol. The molecule has 0 radical (unpaired) electrons. The smallest absolute Gasteiger partial charge is 0.237 e. The molecule has 116 valence electrons. The number of rotatable bonds is 9. The zero-order valence-corrected chi connectivity index (χ0v) is 12.4. The highest BCUT2D eigenvalue weighted by Crippen LogP contribution is 2.18. The Kier molecular flexibility index (Phi) is 5.80. The van der Waals surface area contributed by atoms with E-state index >= 15 is 0 Å². The van der Waals surface area contributed by atoms with Crippen LogP contribution in [0.4, 0.5) is 0 Å². The van der Waals surface area contributed by atoms with E-state index in [9.17, 15) is 9.59 Å². The van der Waals surface area contributed by atoms with E-state index in [0.717, 1.165) is 25.0 Å². The second-order valence-corrected chi connectivity index (χ2v) is 5.42. The maximum absolute atomic E-state index is 11.8. The van der Waals surface area contributed by atoms with Crippen LogP contribution in [0.5, 0.6) is 0 Å². The lowest BCUT2D eigenvalue weighted by molar-refractivity contribution is -0.123. The van der Waals surface area contributed by atoms with E-state index in [0.29, 0.717) is 25.6 Å². The highest BCUT2D eigenvalue weighted by Gasteiger charge is 2.22. The Balaban J connectivity index is 1.52. The first-order valence-corrected chi connectivity index (χ1v) is 7.48. The van der Waals surface area contributed by atoms with Crippen LogP contribution in [0.15, 0.2) is 22.8 Å². The molecule has 0 aliphatic heterocycles. The summed E-state index contributed by atoms with van der Waals surface area (Å²) in [7, 11) is 0. The van der Waals surface area contributed by atoms with E-state index in [1.54, 1.807) is 12.3 Å². The van der Waals surface area contributed by atoms with E-state index < -0.39 is 0 Å². The highest BCUT2D eigenvalue weighted by molar-refractivity contribution is 5.81. The number of carbonyl (C=O) groups is 2. The van der Waals surface area contributed by atoms with E-state index in [2.05, 4.69) is 16.0 Å². The minimum Gasteiger partial charge on any atom is -0.467 e. The predicted octanol–water partition coefficient (Wildman–Crippen LogP) is 0.933. The summed E-state index contributed by atoms with van der Waals surface area (Å²) in [5.74, 6) is 0.760. The van der Waals surface area contributed by atoms with Crippen molar-refractivity contribution in [2.24, 2.45) is 0 Å². The van der Waals surface area contributed by atoms with Crippen molar-refractivity contribution < 1.29 is 14.0 Å². The average Bonchev–Trinajstić information content (AvgIpc) is 3.12. The minimum absolute atomic E-state index is 0.0752. The van der Waals surface area contributed by atoms with Gasteiger partial charge in [-0.25, -0.2) is 0 Å². The Hall–Kier alpha value is -1.82. The SMILES string of the molecule is CC(NCCCC(=O)NC1CC1)C(=O)NCc1ccco1. The van der Waals surface area contributed by atoms with Gasteiger partial charge in [-0.1, -0.05) is 0 Å². The van der Waals surface area contributed by atoms with Gasteiger partial charge in [-0.2, -0.15) is 0 Å². The fraction of sp³-hybridized carbons (Fsp3) is 0.600. The van der Waals surface area contributed by atoms with Crippen LogP contribution in [0.2, 0.25) is 0 Å². The Morgan fingerprint density at radius 3 is 2.90 bits per heavy atom. The van der Waals surface area contributed by atoms with Crippen molar-refractivity contribution in [2.75, 3.05) is 6.54 Å². The Morgan fingerprint density at radius 2 is 2.24 bits per heavy atom. The van der Waals surface area contributed by atoms with Gasteiger partial charge in [-0.3, -0.25) is 9.59 Å². The molecule has 1 heterocycles. The summed E-state index contributed by atoms with van der Waals surface area (Å²) in [6.45, 7) is 2.84. The molecule has 3 N–H and O–H groups in total. The molecule has 1 aromatic heterocycles. The number of amides is 2. The molecule has 1 saturated carbocycles. The molecule has 21 heavy (non-hydrogen) atoms. The molecule has 1 aromatic rings. The summed E-state index contributed by atoms with van der Waals surface area (Å²) in [6.07, 6.45) is 5.03. The molecular weight excluding hydrogens is 270 g/mol. The normalized spacial score (nSPS) is 15.5. The van der Waals surface area contributed by atoms with Crippen LogP contribution < -0.4 is 16.0 Å². The molecule has 6 nitrogen and oxygen atoms in total. The number of nitrogens with one attached hydrogen (secondary N) is 3. The molecule has 1 aliphatic rings. The number of hydrogen-bond acceptors (Lipinski definition) is 4. The van der Waals surface area contributed by atoms with Gasteiger partial charge in [-0.05, 0) is 44.9 Å². The Labute approximate surface area is 124 Å². The summed E-state index contributed by atoms with van der Waals surface area (Å²) < 4.78 is 5.15. The maximum Gasteiger partial charge on any atom is 0.237 e. The van der Waals surface area contributed by atoms with Crippen molar-refractivity contribution in [2.45, 2.75) is 51.2 Å². The molecule has 0 saturated heterocycles. The molecule has 1 fully saturated rings. The van der Waals surface area contributed by atoms with Crippen LogP contribution in [0.3, 0.4) is 0 Å². The van der Waals surface area contributed by atoms with Gasteiger partial charge in [-0.15, -0.1) is 0 Å². The van der Waals surface area contributed by atoms with Crippen LogP contribution in [-0.4, -0.2) is 30.4 Å². The van der Waals surface area contributed by atoms with Gasteiger partial charge in [0, 0.05) is 12.5 Å². The van der Waals surface area contributed by atoms with Gasteiger partial charge in [0.1, 0.15) is 5.76 Å². The maximum atomic E-state index is 11.8. The molecule has 0 bridgehead atoms. The molecule has 2 rings (SSSR count). The average molecular weight is 293 g/mol. The Bertz CT molecular complexity index is 455. The molecule has 1 atom stereocenters. The van der Waals surface area contributed by atoms with Crippen LogP contribution in [0.25, 0.3) is 0 Å². The topological polar surface area (TPSA) is 83.4 Å². The summed E-state index contributed by atoms with van der Waals surface area (Å²) in [6, 6.07) is 3.73. The third kappa shape index (κ3) is 5.99. The van der Waals surface area contributed by atoms with Crippen molar-refractivity contribution in [1.29, 1.82) is 0 Å². The molecule has 0 spiro atoms. The quantitative estimate of drug-likeness (QED) is 0.592. The zero-order valence-electron chi connectivity index (χ0n) is 12.4. The largest absolute Gasteiger partial charge is 0.467 e. The fourth-order valence-corrected chi connectivity index (χ4v) is 1.93. The number of hydrogen-bond donors (Lipinski definition) is 3. The van der Waals surface area contributed by atoms with E-state index in [1.807, 2.05) is 13.0 Å². The van der Waals surface area contributed by atoms with Crippen molar-refractivity contribution in [3.05, 3.63) is 24.2 Å². The van der Waals surface area contributed by atoms with Crippen molar-refractivity contribution in [3.63, 3.8) is 0 Å². The number of furan rings is 1. The lowest BCUT2D eigenvalue weighted by Crippen LogP contribution is -2.42. The van der Waals surface area contributed by atoms with Crippen LogP contribution in [0.1, 0.15) is 38.4 Å². The van der Waals surface area contributed by atoms with Crippen molar-refractivity contribution in [1.82, 2.24) is 16.0 Å². The minimum atomic E-state index is -0.286. The second-order valence-electron chi connectivity index (χ2n) is 5.42. The third-order valence-corrected chi connectivity index (χ3v) is 3.38. The third-order valence-electron chi connectivity index (χ3n) is 3.38. The summed E-state index contributed by atoms with van der Waals surface area (Å²) in [5.41, 5.74) is 0. The van der Waals surface area contributed by atoms with Gasteiger partial charge in [0.05, 0.1) is 18.8 Å². The molecule has 1 aliphatic carbocycles. The van der Waals surface area contributed by atoms with Crippen LogP contribution in [0, 0.1) is 0 Å². The lowest BCUT2D eigenvalue weighted by atomic mass is 10.2.